The molecule has 0 saturated carbocycles. The van der Waals surface area contributed by atoms with E-state index in [2.05, 4.69) is 307 Å². The zero-order valence-electron chi connectivity index (χ0n) is 51.1. The van der Waals surface area contributed by atoms with Crippen LogP contribution < -0.4 is 87.7 Å². The van der Waals surface area contributed by atoms with E-state index in [4.69, 9.17) is 18.9 Å². The molecule has 0 spiro atoms. The summed E-state index contributed by atoms with van der Waals surface area (Å²) in [4.78, 5) is 10.1. The molecule has 0 aliphatic carbocycles. The average Bonchev–Trinajstić information content (AvgIpc) is 0.668. The number of ether oxygens (including phenoxy) is 4. The molecule has 13 aromatic carbocycles. The Kier molecular flexibility index (Phi) is 10.2. The largest absolute Gasteiger partial charge is 0.459 e. The van der Waals surface area contributed by atoms with E-state index in [9.17, 15) is 0 Å². The van der Waals surface area contributed by atoms with Crippen molar-refractivity contribution in [1.29, 1.82) is 0 Å². The smallest absolute Gasteiger partial charge is 0.261 e. The van der Waals surface area contributed by atoms with Crippen molar-refractivity contribution in [2.75, 3.05) is 19.6 Å². The van der Waals surface area contributed by atoms with Crippen LogP contribution in [0.1, 0.15) is 26.3 Å². The predicted octanol–water partition coefficient (Wildman–Crippen LogP) is 15.4. The predicted molar refractivity (Wildman–Crippen MR) is 382 cm³/mol. The van der Waals surface area contributed by atoms with Crippen molar-refractivity contribution in [2.24, 2.45) is 0 Å². The summed E-state index contributed by atoms with van der Waals surface area (Å²) in [5.74, 6) is 6.57. The summed E-state index contributed by atoms with van der Waals surface area (Å²) in [6, 6.07) is 97.3. The lowest BCUT2D eigenvalue weighted by Gasteiger charge is -2.50. The van der Waals surface area contributed by atoms with Gasteiger partial charge in [0.25, 0.3) is 20.1 Å². The molecule has 8 heterocycles. The molecule has 0 fully saturated rings. The van der Waals surface area contributed by atoms with Gasteiger partial charge in [-0.3, -0.25) is 0 Å². The first-order valence-electron chi connectivity index (χ1n) is 32.2. The fourth-order valence-corrected chi connectivity index (χ4v) is 16.8. The summed E-state index contributed by atoms with van der Waals surface area (Å²) >= 11 is 0. The van der Waals surface area contributed by atoms with Crippen LogP contribution in [0, 0.1) is 0 Å². The number of rotatable bonds is 4. The standard InChI is InChI=1S/C82H53B3N4O4/c1-82(2,3)50-44-61-73-62(45-50)87(58-35-15-11-29-52(58)49-26-8-5-9-27-49)64-47-66-75-81(93-68-39-19-13-31-54(68)84(75)56-33-23-43-72-79(56)89(66)60-37-17-21-41-70(60)91-72)77(64)85(73)76-63(86(61)57-34-14-10-28-51(57)48-24-6-4-7-25-48)46-65-74-80(76)92-67-38-18-12-30-53(67)83(74)55-32-22-42-71-78(55)88(65)59-36-16-20-40-69(59)90-71/h4-47H,1-3H3. The van der Waals surface area contributed by atoms with Gasteiger partial charge < -0.3 is 38.5 Å². The molecular formula is C82H53B3N4O4. The lowest BCUT2D eigenvalue weighted by Crippen LogP contribution is -2.67. The van der Waals surface area contributed by atoms with Crippen molar-refractivity contribution in [3.63, 3.8) is 0 Å². The summed E-state index contributed by atoms with van der Waals surface area (Å²) < 4.78 is 30.0. The number of hydrogen-bond acceptors (Lipinski definition) is 8. The van der Waals surface area contributed by atoms with Crippen LogP contribution in [0.5, 0.6) is 46.0 Å². The lowest BCUT2D eigenvalue weighted by atomic mass is 9.28. The number of anilines is 12. The third-order valence-corrected chi connectivity index (χ3v) is 20.6. The molecule has 0 atom stereocenters. The van der Waals surface area contributed by atoms with Gasteiger partial charge in [0, 0.05) is 45.3 Å². The topological polar surface area (TPSA) is 49.9 Å². The second-order valence-corrected chi connectivity index (χ2v) is 26.5. The van der Waals surface area contributed by atoms with Crippen LogP contribution in [0.2, 0.25) is 0 Å². The number of benzene rings is 13. The van der Waals surface area contributed by atoms with E-state index in [1.807, 2.05) is 0 Å². The Hall–Kier alpha value is -11.5. The zero-order valence-corrected chi connectivity index (χ0v) is 51.1. The van der Waals surface area contributed by atoms with Crippen molar-refractivity contribution in [1.82, 2.24) is 0 Å². The molecule has 0 N–H and O–H groups in total. The van der Waals surface area contributed by atoms with Crippen molar-refractivity contribution in [2.45, 2.75) is 26.2 Å². The highest BCUT2D eigenvalue weighted by atomic mass is 16.5. The normalized spacial score (nSPS) is 14.4. The lowest BCUT2D eigenvalue weighted by molar-refractivity contribution is 0.476. The van der Waals surface area contributed by atoms with E-state index in [1.165, 1.54) is 5.56 Å². The first-order chi connectivity index (χ1) is 45.8. The number of fused-ring (bicyclic) bond motifs is 18. The van der Waals surface area contributed by atoms with Gasteiger partial charge >= 0.3 is 0 Å². The van der Waals surface area contributed by atoms with Gasteiger partial charge in [0.15, 0.2) is 23.0 Å². The summed E-state index contributed by atoms with van der Waals surface area (Å²) in [7, 11) is 0. The quantitative estimate of drug-likeness (QED) is 0.162. The second kappa shape index (κ2) is 18.6. The van der Waals surface area contributed by atoms with Gasteiger partial charge in [0.1, 0.15) is 23.0 Å². The monoisotopic (exact) mass is 1190 g/mol. The van der Waals surface area contributed by atoms with E-state index in [-0.39, 0.29) is 18.8 Å². The van der Waals surface area contributed by atoms with Crippen LogP contribution in [-0.4, -0.2) is 20.1 Å². The number of nitrogens with zero attached hydrogens (tertiary/aromatic N) is 4. The fraction of sp³-hybridized carbons (Fsp3) is 0.0488. The van der Waals surface area contributed by atoms with Crippen molar-refractivity contribution in [3.05, 3.63) is 272 Å². The minimum absolute atomic E-state index is 0.224. The molecule has 8 aliphatic heterocycles. The molecule has 434 valence electrons. The fourth-order valence-electron chi connectivity index (χ4n) is 16.8. The number of hydrogen-bond donors (Lipinski definition) is 0. The van der Waals surface area contributed by atoms with Gasteiger partial charge in [-0.2, -0.15) is 0 Å². The van der Waals surface area contributed by atoms with Gasteiger partial charge in [-0.1, -0.05) is 203 Å². The van der Waals surface area contributed by atoms with Crippen molar-refractivity contribution < 1.29 is 18.9 Å². The Morgan fingerprint density at radius 1 is 0.258 bits per heavy atom. The summed E-state index contributed by atoms with van der Waals surface area (Å²) in [5.41, 5.74) is 27.8. The Morgan fingerprint density at radius 3 is 1.05 bits per heavy atom. The highest BCUT2D eigenvalue weighted by Gasteiger charge is 2.56. The molecule has 0 amide bonds. The summed E-state index contributed by atoms with van der Waals surface area (Å²) in [5, 5.41) is 0. The maximum Gasteiger partial charge on any atom is 0.261 e. The molecule has 13 aromatic rings. The van der Waals surface area contributed by atoms with E-state index < -0.39 is 6.71 Å². The Labute approximate surface area is 539 Å². The van der Waals surface area contributed by atoms with E-state index in [0.29, 0.717) is 0 Å². The Balaban J connectivity index is 0.970. The third-order valence-electron chi connectivity index (χ3n) is 20.6. The minimum Gasteiger partial charge on any atom is -0.459 e. The second-order valence-electron chi connectivity index (χ2n) is 26.5. The molecule has 0 aromatic heterocycles. The molecule has 11 heteroatoms. The van der Waals surface area contributed by atoms with Crippen LogP contribution >= 0.6 is 0 Å². The molecular weight excluding hydrogens is 1140 g/mol. The molecule has 0 saturated heterocycles. The third kappa shape index (κ3) is 6.87. The SMILES string of the molecule is CC(C)(C)c1cc2c3c(c1)N(c1ccccc1-c1ccccc1)c1cc4c5c(c1B3c1c(cc3c6c1Oc1ccccc1B6c1cccc6c1N3c1ccccc1O6)N2c1ccccc1-c1ccccc1)Oc1ccccc1B5c1cccc2c1N4c1ccccc1O2. The summed E-state index contributed by atoms with van der Waals surface area (Å²) in [6.07, 6.45) is 0. The molecule has 0 radical (unpaired) electrons. The van der Waals surface area contributed by atoms with E-state index in [0.717, 1.165) is 186 Å². The molecule has 8 aliphatic rings. The highest BCUT2D eigenvalue weighted by Crippen LogP contribution is 2.59. The van der Waals surface area contributed by atoms with E-state index in [1.54, 1.807) is 0 Å². The maximum atomic E-state index is 8.02. The molecule has 93 heavy (non-hydrogen) atoms. The van der Waals surface area contributed by atoms with Gasteiger partial charge in [0.05, 0.1) is 34.1 Å². The van der Waals surface area contributed by atoms with Crippen LogP contribution in [0.4, 0.5) is 68.2 Å². The molecule has 0 bridgehead atoms. The van der Waals surface area contributed by atoms with Gasteiger partial charge in [-0.15, -0.1) is 0 Å². The van der Waals surface area contributed by atoms with Gasteiger partial charge in [-0.05, 0) is 156 Å². The zero-order chi connectivity index (χ0) is 61.1. The molecule has 21 rings (SSSR count). The molecule has 8 nitrogen and oxygen atoms in total. The van der Waals surface area contributed by atoms with Crippen molar-refractivity contribution >= 4 is 138 Å². The first kappa shape index (κ1) is 51.2. The average molecular weight is 1190 g/mol. The Bertz CT molecular complexity index is 5150. The van der Waals surface area contributed by atoms with Gasteiger partial charge in [-0.25, -0.2) is 0 Å². The minimum atomic E-state index is -0.485. The van der Waals surface area contributed by atoms with Crippen LogP contribution in [0.25, 0.3) is 22.3 Å². The van der Waals surface area contributed by atoms with Crippen LogP contribution in [0.3, 0.4) is 0 Å². The maximum absolute atomic E-state index is 8.02. The van der Waals surface area contributed by atoms with E-state index >= 15 is 0 Å². The van der Waals surface area contributed by atoms with Crippen LogP contribution in [0.15, 0.2) is 267 Å². The van der Waals surface area contributed by atoms with Crippen LogP contribution in [-0.2, 0) is 5.41 Å². The van der Waals surface area contributed by atoms with Gasteiger partial charge in [0.2, 0.25) is 0 Å². The Morgan fingerprint density at radius 2 is 0.602 bits per heavy atom. The first-order valence-corrected chi connectivity index (χ1v) is 32.2. The van der Waals surface area contributed by atoms with Crippen molar-refractivity contribution in [3.8, 4) is 68.2 Å². The molecule has 0 unspecified atom stereocenters. The number of para-hydroxylation sites is 10. The highest BCUT2D eigenvalue weighted by molar-refractivity contribution is 7.05. The summed E-state index contributed by atoms with van der Waals surface area (Å²) in [6.45, 7) is 6.12.